The lowest BCUT2D eigenvalue weighted by Crippen LogP contribution is -2.43. The fraction of sp³-hybridized carbons (Fsp3) is 0.579. The molecule has 154 valence electrons. The average molecular weight is 399 g/mol. The SMILES string of the molecule is O=C(O)[C@@H]1CN(C(=O)NCC(c2ccccc2)N2CCCC2)C[C@H]1C(F)(F)F. The van der Waals surface area contributed by atoms with Gasteiger partial charge in [-0.15, -0.1) is 0 Å². The van der Waals surface area contributed by atoms with Gasteiger partial charge in [0, 0.05) is 19.6 Å². The number of hydrogen-bond donors (Lipinski definition) is 2. The third kappa shape index (κ3) is 4.57. The molecule has 2 N–H and O–H groups in total. The van der Waals surface area contributed by atoms with Crippen molar-refractivity contribution in [2.24, 2.45) is 11.8 Å². The van der Waals surface area contributed by atoms with Crippen LogP contribution in [-0.2, 0) is 4.79 Å². The molecule has 0 aromatic heterocycles. The van der Waals surface area contributed by atoms with Gasteiger partial charge >= 0.3 is 18.2 Å². The van der Waals surface area contributed by atoms with Crippen molar-refractivity contribution in [3.05, 3.63) is 35.9 Å². The number of amides is 2. The van der Waals surface area contributed by atoms with Gasteiger partial charge in [0.1, 0.15) is 0 Å². The number of carboxylic acids is 1. The maximum Gasteiger partial charge on any atom is 0.394 e. The number of alkyl halides is 3. The summed E-state index contributed by atoms with van der Waals surface area (Å²) in [6, 6.07) is 8.92. The van der Waals surface area contributed by atoms with Crippen LogP contribution in [0, 0.1) is 11.8 Å². The first-order valence-corrected chi connectivity index (χ1v) is 9.38. The van der Waals surface area contributed by atoms with Gasteiger partial charge in [0.2, 0.25) is 0 Å². The lowest BCUT2D eigenvalue weighted by molar-refractivity contribution is -0.187. The normalized spacial score (nSPS) is 24.3. The van der Waals surface area contributed by atoms with Crippen molar-refractivity contribution in [3.63, 3.8) is 0 Å². The number of urea groups is 1. The summed E-state index contributed by atoms with van der Waals surface area (Å²) in [5.41, 5.74) is 1.03. The molecule has 2 saturated heterocycles. The molecule has 0 saturated carbocycles. The van der Waals surface area contributed by atoms with Gasteiger partial charge in [0.05, 0.1) is 17.9 Å². The van der Waals surface area contributed by atoms with E-state index in [0.717, 1.165) is 36.4 Å². The van der Waals surface area contributed by atoms with Crippen molar-refractivity contribution in [3.8, 4) is 0 Å². The fourth-order valence-corrected chi connectivity index (χ4v) is 4.03. The Kier molecular flexibility index (Phi) is 6.12. The topological polar surface area (TPSA) is 72.9 Å². The van der Waals surface area contributed by atoms with Crippen LogP contribution >= 0.6 is 0 Å². The highest BCUT2D eigenvalue weighted by Crippen LogP contribution is 2.37. The Morgan fingerprint density at radius 3 is 2.32 bits per heavy atom. The van der Waals surface area contributed by atoms with E-state index in [4.69, 9.17) is 5.11 Å². The number of carbonyl (C=O) groups excluding carboxylic acids is 1. The molecule has 0 bridgehead atoms. The summed E-state index contributed by atoms with van der Waals surface area (Å²) >= 11 is 0. The second-order valence-corrected chi connectivity index (χ2v) is 7.35. The van der Waals surface area contributed by atoms with Crippen molar-refractivity contribution < 1.29 is 27.9 Å². The van der Waals surface area contributed by atoms with Gasteiger partial charge in [0.25, 0.3) is 0 Å². The lowest BCUT2D eigenvalue weighted by Gasteiger charge is -2.29. The number of carboxylic acid groups (broad SMARTS) is 1. The molecule has 2 aliphatic heterocycles. The summed E-state index contributed by atoms with van der Waals surface area (Å²) in [7, 11) is 0. The van der Waals surface area contributed by atoms with Gasteiger partial charge in [-0.3, -0.25) is 9.69 Å². The highest BCUT2D eigenvalue weighted by Gasteiger charge is 2.53. The zero-order valence-electron chi connectivity index (χ0n) is 15.4. The first-order chi connectivity index (χ1) is 13.3. The van der Waals surface area contributed by atoms with Crippen molar-refractivity contribution in [2.75, 3.05) is 32.7 Å². The molecule has 3 atom stereocenters. The van der Waals surface area contributed by atoms with Gasteiger partial charge in [0.15, 0.2) is 0 Å². The van der Waals surface area contributed by atoms with Crippen LogP contribution in [0.3, 0.4) is 0 Å². The van der Waals surface area contributed by atoms with Crippen LogP contribution in [0.15, 0.2) is 30.3 Å². The summed E-state index contributed by atoms with van der Waals surface area (Å²) in [6.07, 6.45) is -2.52. The van der Waals surface area contributed by atoms with Crippen LogP contribution in [0.5, 0.6) is 0 Å². The maximum atomic E-state index is 13.1. The summed E-state index contributed by atoms with van der Waals surface area (Å²) in [6.45, 7) is 0.984. The average Bonchev–Trinajstić information content (AvgIpc) is 3.32. The highest BCUT2D eigenvalue weighted by atomic mass is 19.4. The second kappa shape index (κ2) is 8.38. The molecule has 2 aliphatic rings. The summed E-state index contributed by atoms with van der Waals surface area (Å²) in [5.74, 6) is -5.20. The van der Waals surface area contributed by atoms with Crippen LogP contribution < -0.4 is 5.32 Å². The van der Waals surface area contributed by atoms with Crippen LogP contribution in [-0.4, -0.2) is 65.8 Å². The minimum Gasteiger partial charge on any atom is -0.481 e. The first-order valence-electron chi connectivity index (χ1n) is 9.38. The maximum absolute atomic E-state index is 13.1. The summed E-state index contributed by atoms with van der Waals surface area (Å²) < 4.78 is 39.4. The molecule has 9 heteroatoms. The second-order valence-electron chi connectivity index (χ2n) is 7.35. The molecule has 2 fully saturated rings. The molecule has 6 nitrogen and oxygen atoms in total. The van der Waals surface area contributed by atoms with E-state index in [0.29, 0.717) is 0 Å². The number of nitrogens with zero attached hydrogens (tertiary/aromatic N) is 2. The molecule has 0 spiro atoms. The number of rotatable bonds is 5. The van der Waals surface area contributed by atoms with E-state index in [9.17, 15) is 22.8 Å². The Morgan fingerprint density at radius 1 is 1.14 bits per heavy atom. The van der Waals surface area contributed by atoms with Crippen LogP contribution in [0.25, 0.3) is 0 Å². The molecular weight excluding hydrogens is 375 g/mol. The van der Waals surface area contributed by atoms with E-state index in [2.05, 4.69) is 10.2 Å². The Balaban J connectivity index is 1.65. The van der Waals surface area contributed by atoms with E-state index in [1.807, 2.05) is 30.3 Å². The third-order valence-electron chi connectivity index (χ3n) is 5.56. The predicted molar refractivity (Wildman–Crippen MR) is 95.6 cm³/mol. The Hall–Kier alpha value is -2.29. The Morgan fingerprint density at radius 2 is 1.79 bits per heavy atom. The number of aliphatic carboxylic acids is 1. The van der Waals surface area contributed by atoms with Crippen LogP contribution in [0.1, 0.15) is 24.4 Å². The zero-order chi connectivity index (χ0) is 20.3. The molecule has 28 heavy (non-hydrogen) atoms. The fourth-order valence-electron chi connectivity index (χ4n) is 4.03. The standard InChI is InChI=1S/C19H24F3N3O3/c20-19(21,22)15-12-25(11-14(15)17(26)27)18(28)23-10-16(24-8-4-5-9-24)13-6-2-1-3-7-13/h1-3,6-7,14-16H,4-5,8-12H2,(H,23,28)(H,26,27)/t14-,15-,16?/m1/s1. The number of carbonyl (C=O) groups is 2. The molecule has 0 radical (unpaired) electrons. The zero-order valence-corrected chi connectivity index (χ0v) is 15.4. The molecular formula is C19H24F3N3O3. The minimum atomic E-state index is -4.65. The number of benzene rings is 1. The summed E-state index contributed by atoms with van der Waals surface area (Å²) in [4.78, 5) is 26.9. The van der Waals surface area contributed by atoms with Gasteiger partial charge in [-0.2, -0.15) is 13.2 Å². The molecule has 1 aromatic carbocycles. The monoisotopic (exact) mass is 399 g/mol. The van der Waals surface area contributed by atoms with E-state index < -0.39 is 43.1 Å². The van der Waals surface area contributed by atoms with Crippen LogP contribution in [0.2, 0.25) is 0 Å². The third-order valence-corrected chi connectivity index (χ3v) is 5.56. The number of likely N-dealkylation sites (tertiary alicyclic amines) is 2. The Labute approximate surface area is 161 Å². The van der Waals surface area contributed by atoms with Crippen molar-refractivity contribution in [1.29, 1.82) is 0 Å². The Bertz CT molecular complexity index is 693. The molecule has 0 aliphatic carbocycles. The van der Waals surface area contributed by atoms with Gasteiger partial charge in [-0.1, -0.05) is 30.3 Å². The van der Waals surface area contributed by atoms with Crippen molar-refractivity contribution >= 4 is 12.0 Å². The minimum absolute atomic E-state index is 0.0658. The quantitative estimate of drug-likeness (QED) is 0.799. The highest BCUT2D eigenvalue weighted by molar-refractivity contribution is 5.77. The molecule has 3 rings (SSSR count). The largest absolute Gasteiger partial charge is 0.481 e. The predicted octanol–water partition coefficient (Wildman–Crippen LogP) is 2.73. The molecule has 2 heterocycles. The first kappa shape index (κ1) is 20.4. The van der Waals surface area contributed by atoms with Crippen molar-refractivity contribution in [1.82, 2.24) is 15.1 Å². The summed E-state index contributed by atoms with van der Waals surface area (Å²) in [5, 5.41) is 11.8. The number of nitrogens with one attached hydrogen (secondary N) is 1. The molecule has 1 unspecified atom stereocenters. The van der Waals surface area contributed by atoms with E-state index in [1.54, 1.807) is 0 Å². The van der Waals surface area contributed by atoms with Gasteiger partial charge in [-0.25, -0.2) is 4.79 Å². The number of hydrogen-bond acceptors (Lipinski definition) is 3. The molecule has 1 aromatic rings. The van der Waals surface area contributed by atoms with Gasteiger partial charge < -0.3 is 15.3 Å². The van der Waals surface area contributed by atoms with Gasteiger partial charge in [-0.05, 0) is 31.5 Å². The smallest absolute Gasteiger partial charge is 0.394 e. The molecule has 2 amide bonds. The lowest BCUT2D eigenvalue weighted by atomic mass is 9.96. The number of halogens is 3. The van der Waals surface area contributed by atoms with E-state index in [-0.39, 0.29) is 12.6 Å². The van der Waals surface area contributed by atoms with Crippen LogP contribution in [0.4, 0.5) is 18.0 Å². The van der Waals surface area contributed by atoms with Crippen molar-refractivity contribution in [2.45, 2.75) is 25.1 Å². The van der Waals surface area contributed by atoms with E-state index in [1.165, 1.54) is 0 Å². The van der Waals surface area contributed by atoms with E-state index >= 15 is 0 Å².